The molecule has 3 nitrogen and oxygen atoms in total. The van der Waals surface area contributed by atoms with Crippen molar-refractivity contribution in [2.24, 2.45) is 0 Å². The smallest absolute Gasteiger partial charge is 0.315 e. The zero-order chi connectivity index (χ0) is 9.47. The lowest BCUT2D eigenvalue weighted by molar-refractivity contribution is -0.140. The van der Waals surface area contributed by atoms with Gasteiger partial charge in [-0.25, -0.2) is 0 Å². The molecule has 1 aromatic rings. The third-order valence-corrected chi connectivity index (χ3v) is 2.86. The van der Waals surface area contributed by atoms with Gasteiger partial charge in [0.25, 0.3) is 0 Å². The summed E-state index contributed by atoms with van der Waals surface area (Å²) in [6, 6.07) is 3.57. The number of nitrogens with zero attached hydrogens (tertiary/aromatic N) is 1. The van der Waals surface area contributed by atoms with E-state index in [1.54, 1.807) is 18.3 Å². The van der Waals surface area contributed by atoms with Gasteiger partial charge in [0.15, 0.2) is 0 Å². The van der Waals surface area contributed by atoms with Crippen LogP contribution in [0.15, 0.2) is 22.8 Å². The fraction of sp³-hybridized carbons (Fsp3) is 0.333. The Morgan fingerprint density at radius 1 is 1.62 bits per heavy atom. The van der Waals surface area contributed by atoms with Gasteiger partial charge in [-0.3, -0.25) is 9.78 Å². The van der Waals surface area contributed by atoms with E-state index in [1.165, 1.54) is 0 Å². The van der Waals surface area contributed by atoms with Gasteiger partial charge in [-0.1, -0.05) is 15.9 Å². The van der Waals surface area contributed by atoms with Crippen LogP contribution in [-0.2, 0) is 10.2 Å². The molecule has 1 heterocycles. The van der Waals surface area contributed by atoms with E-state index in [4.69, 9.17) is 5.11 Å². The highest BCUT2D eigenvalue weighted by atomic mass is 79.9. The highest BCUT2D eigenvalue weighted by molar-refractivity contribution is 9.10. The van der Waals surface area contributed by atoms with Crippen LogP contribution >= 0.6 is 15.9 Å². The predicted molar refractivity (Wildman–Crippen MR) is 50.5 cm³/mol. The maximum atomic E-state index is 10.9. The Bertz CT molecular complexity index is 360. The molecule has 13 heavy (non-hydrogen) atoms. The number of halogens is 1. The van der Waals surface area contributed by atoms with E-state index in [2.05, 4.69) is 20.9 Å². The van der Waals surface area contributed by atoms with E-state index in [-0.39, 0.29) is 0 Å². The number of rotatable bonds is 2. The predicted octanol–water partition coefficient (Wildman–Crippen LogP) is 1.96. The molecule has 0 aromatic carbocycles. The van der Waals surface area contributed by atoms with Crippen molar-refractivity contribution in [3.05, 3.63) is 28.5 Å². The molecule has 1 aliphatic rings. The summed E-state index contributed by atoms with van der Waals surface area (Å²) in [7, 11) is 0. The van der Waals surface area contributed by atoms with Crippen molar-refractivity contribution in [3.63, 3.8) is 0 Å². The molecular formula is C9H8BrNO2. The van der Waals surface area contributed by atoms with Crippen molar-refractivity contribution in [2.75, 3.05) is 0 Å². The lowest BCUT2D eigenvalue weighted by atomic mass is 10.0. The molecule has 68 valence electrons. The highest BCUT2D eigenvalue weighted by Crippen LogP contribution is 2.47. The molecular weight excluding hydrogens is 234 g/mol. The minimum Gasteiger partial charge on any atom is -0.481 e. The van der Waals surface area contributed by atoms with Gasteiger partial charge in [0.05, 0.1) is 5.69 Å². The molecule has 0 bridgehead atoms. The fourth-order valence-electron chi connectivity index (χ4n) is 1.37. The molecule has 1 fully saturated rings. The molecule has 0 atom stereocenters. The molecule has 2 rings (SSSR count). The summed E-state index contributed by atoms with van der Waals surface area (Å²) < 4.78 is 0.880. The number of carboxylic acids is 1. The van der Waals surface area contributed by atoms with Crippen LogP contribution in [0.4, 0.5) is 0 Å². The van der Waals surface area contributed by atoms with Crippen LogP contribution in [0.5, 0.6) is 0 Å². The molecule has 0 saturated heterocycles. The van der Waals surface area contributed by atoms with E-state index in [0.717, 1.165) is 4.47 Å². The average molecular weight is 242 g/mol. The molecule has 1 saturated carbocycles. The normalized spacial score (nSPS) is 18.2. The Morgan fingerprint density at radius 3 is 2.77 bits per heavy atom. The van der Waals surface area contributed by atoms with Crippen molar-refractivity contribution in [1.29, 1.82) is 0 Å². The summed E-state index contributed by atoms with van der Waals surface area (Å²) in [5, 5.41) is 8.99. The second kappa shape index (κ2) is 2.80. The molecule has 0 unspecified atom stereocenters. The van der Waals surface area contributed by atoms with E-state index in [0.29, 0.717) is 18.5 Å². The number of hydrogen-bond acceptors (Lipinski definition) is 2. The van der Waals surface area contributed by atoms with E-state index in [1.807, 2.05) is 0 Å². The fourth-order valence-corrected chi connectivity index (χ4v) is 1.71. The van der Waals surface area contributed by atoms with Gasteiger partial charge in [-0.15, -0.1) is 0 Å². The molecule has 1 aliphatic carbocycles. The Kier molecular flexibility index (Phi) is 1.87. The van der Waals surface area contributed by atoms with Gasteiger partial charge in [0, 0.05) is 10.7 Å². The first-order chi connectivity index (χ1) is 6.15. The lowest BCUT2D eigenvalue weighted by Crippen LogP contribution is -2.20. The monoisotopic (exact) mass is 241 g/mol. The minimum absolute atomic E-state index is 0.661. The first-order valence-corrected chi connectivity index (χ1v) is 4.80. The quantitative estimate of drug-likeness (QED) is 0.862. The maximum Gasteiger partial charge on any atom is 0.315 e. The minimum atomic E-state index is -0.766. The zero-order valence-corrected chi connectivity index (χ0v) is 8.41. The van der Waals surface area contributed by atoms with Crippen LogP contribution in [0, 0.1) is 0 Å². The Balaban J connectivity index is 2.41. The van der Waals surface area contributed by atoms with E-state index < -0.39 is 11.4 Å². The summed E-state index contributed by atoms with van der Waals surface area (Å²) in [5.41, 5.74) is -0.0292. The van der Waals surface area contributed by atoms with Gasteiger partial charge in [0.2, 0.25) is 0 Å². The average Bonchev–Trinajstić information content (AvgIpc) is 2.83. The van der Waals surface area contributed by atoms with Gasteiger partial charge in [-0.2, -0.15) is 0 Å². The van der Waals surface area contributed by atoms with Crippen LogP contribution in [0.2, 0.25) is 0 Å². The van der Waals surface area contributed by atoms with Crippen molar-refractivity contribution < 1.29 is 9.90 Å². The highest BCUT2D eigenvalue weighted by Gasteiger charge is 2.53. The molecule has 1 aromatic heterocycles. The van der Waals surface area contributed by atoms with Crippen molar-refractivity contribution in [3.8, 4) is 0 Å². The third kappa shape index (κ3) is 1.35. The van der Waals surface area contributed by atoms with Crippen LogP contribution in [0.1, 0.15) is 18.5 Å². The first kappa shape index (κ1) is 8.69. The summed E-state index contributed by atoms with van der Waals surface area (Å²) in [5.74, 6) is -0.766. The summed E-state index contributed by atoms with van der Waals surface area (Å²) in [6.07, 6.45) is 3.03. The molecule has 0 aliphatic heterocycles. The van der Waals surface area contributed by atoms with E-state index >= 15 is 0 Å². The van der Waals surface area contributed by atoms with E-state index in [9.17, 15) is 4.79 Å². The number of aromatic nitrogens is 1. The molecule has 0 spiro atoms. The number of aliphatic carboxylic acids is 1. The van der Waals surface area contributed by atoms with Gasteiger partial charge < -0.3 is 5.11 Å². The Morgan fingerprint density at radius 2 is 2.31 bits per heavy atom. The zero-order valence-electron chi connectivity index (χ0n) is 6.83. The number of carboxylic acid groups (broad SMARTS) is 1. The third-order valence-electron chi connectivity index (χ3n) is 2.37. The van der Waals surface area contributed by atoms with Gasteiger partial charge >= 0.3 is 5.97 Å². The lowest BCUT2D eigenvalue weighted by Gasteiger charge is -2.08. The second-order valence-electron chi connectivity index (χ2n) is 3.25. The van der Waals surface area contributed by atoms with Crippen LogP contribution in [0.3, 0.4) is 0 Å². The van der Waals surface area contributed by atoms with Crippen LogP contribution in [-0.4, -0.2) is 16.1 Å². The summed E-state index contributed by atoms with van der Waals surface area (Å²) >= 11 is 3.30. The van der Waals surface area contributed by atoms with Crippen molar-refractivity contribution >= 4 is 21.9 Å². The van der Waals surface area contributed by atoms with Crippen LogP contribution < -0.4 is 0 Å². The summed E-state index contributed by atoms with van der Waals surface area (Å²) in [6.45, 7) is 0. The summed E-state index contributed by atoms with van der Waals surface area (Å²) in [4.78, 5) is 15.0. The van der Waals surface area contributed by atoms with Crippen molar-refractivity contribution in [2.45, 2.75) is 18.3 Å². The van der Waals surface area contributed by atoms with Crippen LogP contribution in [0.25, 0.3) is 0 Å². The molecule has 4 heteroatoms. The second-order valence-corrected chi connectivity index (χ2v) is 4.16. The standard InChI is InChI=1S/C9H8BrNO2/c10-6-1-4-11-7(5-6)9(2-3-9)8(12)13/h1,4-5H,2-3H2,(H,12,13). The van der Waals surface area contributed by atoms with Crippen molar-refractivity contribution in [1.82, 2.24) is 4.98 Å². The number of pyridine rings is 1. The first-order valence-electron chi connectivity index (χ1n) is 4.00. The number of carbonyl (C=O) groups is 1. The Labute approximate surface area is 83.9 Å². The maximum absolute atomic E-state index is 10.9. The van der Waals surface area contributed by atoms with Gasteiger partial charge in [-0.05, 0) is 25.0 Å². The number of hydrogen-bond donors (Lipinski definition) is 1. The topological polar surface area (TPSA) is 50.2 Å². The largest absolute Gasteiger partial charge is 0.481 e. The molecule has 0 radical (unpaired) electrons. The Hall–Kier alpha value is -0.900. The SMILES string of the molecule is O=C(O)C1(c2cc(Br)ccn2)CC1. The molecule has 0 amide bonds. The molecule has 1 N–H and O–H groups in total. The van der Waals surface area contributed by atoms with Gasteiger partial charge in [0.1, 0.15) is 5.41 Å².